The smallest absolute Gasteiger partial charge is 0.133 e. The van der Waals surface area contributed by atoms with Crippen molar-refractivity contribution in [2.45, 2.75) is 39.5 Å². The van der Waals surface area contributed by atoms with Crippen LogP contribution in [-0.2, 0) is 4.79 Å². The Kier molecular flexibility index (Phi) is 6.24. The minimum Gasteiger partial charge on any atom is -0.300 e. The Balaban J connectivity index is 3.39. The third-order valence-corrected chi connectivity index (χ3v) is 1.53. The number of hydrogen-bond acceptors (Lipinski definition) is 1. The Hall–Kier alpha value is -0.300. The number of Topliss-reactive ketones (excluding diaryl/α,β-unsaturated/α-hetero) is 1. The molecule has 64 valence electrons. The normalized spacial score (nSPS) is 11.7. The molecule has 0 radical (unpaired) electrons. The van der Waals surface area contributed by atoms with Crippen molar-refractivity contribution in [2.24, 2.45) is 0 Å². The van der Waals surface area contributed by atoms with Gasteiger partial charge in [-0.1, -0.05) is 24.6 Å². The summed E-state index contributed by atoms with van der Waals surface area (Å²) in [6, 6.07) is 0. The van der Waals surface area contributed by atoms with Crippen LogP contribution in [0.5, 0.6) is 0 Å². The number of rotatable bonds is 5. The molecule has 0 saturated carbocycles. The van der Waals surface area contributed by atoms with E-state index in [9.17, 15) is 4.79 Å². The topological polar surface area (TPSA) is 17.1 Å². The van der Waals surface area contributed by atoms with Crippen molar-refractivity contribution in [3.8, 4) is 0 Å². The number of halogens is 1. The van der Waals surface area contributed by atoms with Crippen LogP contribution in [0.25, 0.3) is 0 Å². The van der Waals surface area contributed by atoms with Crippen LogP contribution in [-0.4, -0.2) is 5.78 Å². The molecular weight excluding hydrogens is 160 g/mol. The van der Waals surface area contributed by atoms with Crippen LogP contribution in [0.1, 0.15) is 39.5 Å². The van der Waals surface area contributed by atoms with Gasteiger partial charge in [0.15, 0.2) is 0 Å². The zero-order valence-corrected chi connectivity index (χ0v) is 7.95. The Morgan fingerprint density at radius 3 is 2.55 bits per heavy atom. The van der Waals surface area contributed by atoms with Gasteiger partial charge < -0.3 is 0 Å². The van der Waals surface area contributed by atoms with Crippen LogP contribution in [0.2, 0.25) is 0 Å². The van der Waals surface area contributed by atoms with Crippen molar-refractivity contribution in [2.75, 3.05) is 0 Å². The lowest BCUT2D eigenvalue weighted by Gasteiger charge is -1.94. The molecule has 0 rings (SSSR count). The lowest BCUT2D eigenvalue weighted by atomic mass is 10.1. The molecule has 0 aliphatic heterocycles. The summed E-state index contributed by atoms with van der Waals surface area (Å²) in [5.74, 6) is 0.335. The molecule has 2 heteroatoms. The summed E-state index contributed by atoms with van der Waals surface area (Å²) < 4.78 is 0. The van der Waals surface area contributed by atoms with E-state index in [-0.39, 0.29) is 0 Å². The summed E-state index contributed by atoms with van der Waals surface area (Å²) in [5.41, 5.74) is 0. The van der Waals surface area contributed by atoms with E-state index < -0.39 is 0 Å². The predicted molar refractivity (Wildman–Crippen MR) is 48.8 cm³/mol. The first-order valence-electron chi connectivity index (χ1n) is 4.00. The van der Waals surface area contributed by atoms with E-state index in [1.165, 1.54) is 0 Å². The average Bonchev–Trinajstić information content (AvgIpc) is 1.87. The molecule has 0 unspecified atom stereocenters. The van der Waals surface area contributed by atoms with Crippen molar-refractivity contribution in [3.63, 3.8) is 0 Å². The van der Waals surface area contributed by atoms with Gasteiger partial charge in [0.1, 0.15) is 5.78 Å². The Morgan fingerprint density at radius 1 is 1.45 bits per heavy atom. The third-order valence-electron chi connectivity index (χ3n) is 1.38. The summed E-state index contributed by atoms with van der Waals surface area (Å²) >= 11 is 5.59. The largest absolute Gasteiger partial charge is 0.300 e. The first kappa shape index (κ1) is 10.7. The van der Waals surface area contributed by atoms with Gasteiger partial charge in [-0.25, -0.2) is 0 Å². The molecule has 0 aromatic heterocycles. The van der Waals surface area contributed by atoms with Crippen molar-refractivity contribution in [3.05, 3.63) is 11.1 Å². The lowest BCUT2D eigenvalue weighted by Crippen LogP contribution is -1.94. The van der Waals surface area contributed by atoms with E-state index in [0.29, 0.717) is 18.6 Å². The van der Waals surface area contributed by atoms with Gasteiger partial charge in [0, 0.05) is 17.9 Å². The maximum atomic E-state index is 11.0. The van der Waals surface area contributed by atoms with E-state index in [2.05, 4.69) is 0 Å². The fourth-order valence-electron chi connectivity index (χ4n) is 0.836. The fourth-order valence-corrected chi connectivity index (χ4v) is 0.945. The van der Waals surface area contributed by atoms with Gasteiger partial charge >= 0.3 is 0 Å². The van der Waals surface area contributed by atoms with Crippen molar-refractivity contribution >= 4 is 17.4 Å². The highest BCUT2D eigenvalue weighted by Gasteiger charge is 1.97. The number of carbonyl (C=O) groups is 1. The standard InChI is InChI=1S/C9H15ClO/c1-3-5-9(11)7-4-6-8(2)10/h6H,3-5,7H2,1-2H3. The number of carbonyl (C=O) groups excluding carboxylic acids is 1. The minimum atomic E-state index is 0.335. The molecule has 0 aliphatic carbocycles. The first-order chi connectivity index (χ1) is 5.16. The fraction of sp³-hybridized carbons (Fsp3) is 0.667. The Labute approximate surface area is 73.4 Å². The monoisotopic (exact) mass is 174 g/mol. The molecule has 1 nitrogen and oxygen atoms in total. The highest BCUT2D eigenvalue weighted by molar-refractivity contribution is 6.29. The van der Waals surface area contributed by atoms with Crippen LogP contribution in [0.15, 0.2) is 11.1 Å². The summed E-state index contributed by atoms with van der Waals surface area (Å²) in [7, 11) is 0. The second-order valence-electron chi connectivity index (χ2n) is 2.62. The lowest BCUT2D eigenvalue weighted by molar-refractivity contribution is -0.119. The molecule has 0 aliphatic rings. The van der Waals surface area contributed by atoms with Gasteiger partial charge in [0.2, 0.25) is 0 Å². The molecule has 11 heavy (non-hydrogen) atoms. The molecule has 0 heterocycles. The van der Waals surface area contributed by atoms with Gasteiger partial charge in [-0.3, -0.25) is 4.79 Å². The Bertz CT molecular complexity index is 146. The van der Waals surface area contributed by atoms with Crippen molar-refractivity contribution in [1.29, 1.82) is 0 Å². The van der Waals surface area contributed by atoms with E-state index in [1.807, 2.05) is 19.9 Å². The molecule has 0 aromatic carbocycles. The molecule has 0 amide bonds. The van der Waals surface area contributed by atoms with Gasteiger partial charge in [-0.15, -0.1) is 0 Å². The summed E-state index contributed by atoms with van der Waals surface area (Å²) in [4.78, 5) is 11.0. The summed E-state index contributed by atoms with van der Waals surface area (Å²) in [6.07, 6.45) is 4.96. The number of allylic oxidation sites excluding steroid dienone is 2. The summed E-state index contributed by atoms with van der Waals surface area (Å²) in [6.45, 7) is 3.84. The van der Waals surface area contributed by atoms with Crippen LogP contribution < -0.4 is 0 Å². The van der Waals surface area contributed by atoms with Gasteiger partial charge in [-0.05, 0) is 19.8 Å². The second kappa shape index (κ2) is 6.41. The minimum absolute atomic E-state index is 0.335. The number of hydrogen-bond donors (Lipinski definition) is 0. The molecule has 0 bridgehead atoms. The van der Waals surface area contributed by atoms with E-state index in [1.54, 1.807) is 0 Å². The van der Waals surface area contributed by atoms with Crippen molar-refractivity contribution in [1.82, 2.24) is 0 Å². The maximum Gasteiger partial charge on any atom is 0.133 e. The first-order valence-corrected chi connectivity index (χ1v) is 4.38. The summed E-state index contributed by atoms with van der Waals surface area (Å²) in [5, 5.41) is 0.772. The Morgan fingerprint density at radius 2 is 2.09 bits per heavy atom. The van der Waals surface area contributed by atoms with Gasteiger partial charge in [-0.2, -0.15) is 0 Å². The molecule has 0 spiro atoms. The quantitative estimate of drug-likeness (QED) is 0.625. The van der Waals surface area contributed by atoms with Crippen LogP contribution in [0.4, 0.5) is 0 Å². The van der Waals surface area contributed by atoms with E-state index >= 15 is 0 Å². The van der Waals surface area contributed by atoms with E-state index in [4.69, 9.17) is 11.6 Å². The molecule has 0 fully saturated rings. The van der Waals surface area contributed by atoms with Gasteiger partial charge in [0.25, 0.3) is 0 Å². The predicted octanol–water partition coefficient (Wildman–Crippen LogP) is 3.28. The van der Waals surface area contributed by atoms with Crippen molar-refractivity contribution < 1.29 is 4.79 Å². The number of ketones is 1. The zero-order chi connectivity index (χ0) is 8.69. The highest BCUT2D eigenvalue weighted by atomic mass is 35.5. The van der Waals surface area contributed by atoms with E-state index in [0.717, 1.165) is 17.9 Å². The maximum absolute atomic E-state index is 11.0. The van der Waals surface area contributed by atoms with Crippen LogP contribution >= 0.6 is 11.6 Å². The highest BCUT2D eigenvalue weighted by Crippen LogP contribution is 2.04. The molecule has 0 atom stereocenters. The second-order valence-corrected chi connectivity index (χ2v) is 3.21. The molecule has 0 saturated heterocycles. The SMILES string of the molecule is CCCC(=O)CCC=C(C)Cl. The molecule has 0 aromatic rings. The molecule has 0 N–H and O–H groups in total. The average molecular weight is 175 g/mol. The zero-order valence-electron chi connectivity index (χ0n) is 7.19. The van der Waals surface area contributed by atoms with Gasteiger partial charge in [0.05, 0.1) is 0 Å². The van der Waals surface area contributed by atoms with Crippen LogP contribution in [0, 0.1) is 0 Å². The third kappa shape index (κ3) is 7.60. The van der Waals surface area contributed by atoms with Crippen LogP contribution in [0.3, 0.4) is 0 Å². The molecular formula is C9H15ClO.